The van der Waals surface area contributed by atoms with Gasteiger partial charge in [0.15, 0.2) is 23.3 Å². The quantitative estimate of drug-likeness (QED) is 0.260. The fourth-order valence-electron chi connectivity index (χ4n) is 0.789. The molecule has 0 aliphatic carbocycles. The third kappa shape index (κ3) is 1.67. The number of halogens is 5. The van der Waals surface area contributed by atoms with Gasteiger partial charge >= 0.3 is 0 Å². The van der Waals surface area contributed by atoms with Crippen LogP contribution in [0.5, 0.6) is 0 Å². The Hall–Kier alpha value is -1.24. The van der Waals surface area contributed by atoms with Gasteiger partial charge in [0.05, 0.1) is 5.56 Å². The van der Waals surface area contributed by atoms with E-state index in [1.165, 1.54) is 0 Å². The fraction of sp³-hybridized carbons (Fsp3) is 0. The van der Waals surface area contributed by atoms with Crippen molar-refractivity contribution >= 4 is 17.2 Å². The predicted molar refractivity (Wildman–Crippen MR) is 42.2 cm³/mol. The van der Waals surface area contributed by atoms with Gasteiger partial charge in [-0.15, -0.1) is 4.48 Å². The maximum Gasteiger partial charge on any atom is 0.198 e. The molecule has 1 aromatic carbocycles. The van der Waals surface area contributed by atoms with E-state index in [-0.39, 0.29) is 6.07 Å². The first-order valence-corrected chi connectivity index (χ1v) is 3.63. The van der Waals surface area contributed by atoms with E-state index in [4.69, 9.17) is 0 Å². The van der Waals surface area contributed by atoms with E-state index in [0.717, 1.165) is 5.54 Å². The maximum atomic E-state index is 12.8. The van der Waals surface area contributed by atoms with Gasteiger partial charge in [0.25, 0.3) is 0 Å². The van der Waals surface area contributed by atoms with Crippen molar-refractivity contribution in [1.82, 2.24) is 5.54 Å². The largest absolute Gasteiger partial charge is 0.213 e. The van der Waals surface area contributed by atoms with Crippen LogP contribution >= 0.6 is 12.2 Å². The zero-order valence-corrected chi connectivity index (χ0v) is 7.19. The number of rotatable bonds is 1. The van der Waals surface area contributed by atoms with Gasteiger partial charge < -0.3 is 0 Å². The SMILES string of the molecule is FNC(=S)c1cc(F)c(F)c(F)c1F. The third-order valence-electron chi connectivity index (χ3n) is 1.43. The van der Waals surface area contributed by atoms with Gasteiger partial charge in [0, 0.05) is 0 Å². The normalized spacial score (nSPS) is 10.1. The van der Waals surface area contributed by atoms with Crippen molar-refractivity contribution in [3.63, 3.8) is 0 Å². The van der Waals surface area contributed by atoms with Crippen LogP contribution in [0.3, 0.4) is 0 Å². The molecular formula is C7H2F5NS. The van der Waals surface area contributed by atoms with E-state index in [9.17, 15) is 22.0 Å². The Kier molecular flexibility index (Phi) is 3.00. The van der Waals surface area contributed by atoms with Gasteiger partial charge in [-0.3, -0.25) is 0 Å². The molecule has 0 saturated carbocycles. The first-order valence-electron chi connectivity index (χ1n) is 3.23. The molecule has 1 nitrogen and oxygen atoms in total. The highest BCUT2D eigenvalue weighted by molar-refractivity contribution is 7.80. The van der Waals surface area contributed by atoms with E-state index in [1.54, 1.807) is 0 Å². The smallest absolute Gasteiger partial charge is 0.198 e. The summed E-state index contributed by atoms with van der Waals surface area (Å²) in [5.74, 6) is -7.37. The molecule has 0 saturated heterocycles. The third-order valence-corrected chi connectivity index (χ3v) is 1.73. The molecule has 0 atom stereocenters. The average molecular weight is 227 g/mol. The van der Waals surface area contributed by atoms with Gasteiger partial charge in [-0.25, -0.2) is 23.1 Å². The van der Waals surface area contributed by atoms with Crippen LogP contribution in [-0.4, -0.2) is 4.99 Å². The second-order valence-electron chi connectivity index (χ2n) is 2.27. The molecule has 0 heterocycles. The molecule has 1 rings (SSSR count). The number of thiocarbonyl (C=S) groups is 1. The zero-order valence-electron chi connectivity index (χ0n) is 6.38. The molecule has 0 fully saturated rings. The highest BCUT2D eigenvalue weighted by Gasteiger charge is 2.20. The second kappa shape index (κ2) is 3.87. The molecule has 14 heavy (non-hydrogen) atoms. The lowest BCUT2D eigenvalue weighted by Crippen LogP contribution is -2.16. The molecule has 1 N–H and O–H groups in total. The average Bonchev–Trinajstić information content (AvgIpc) is 2.19. The molecule has 7 heteroatoms. The van der Waals surface area contributed by atoms with E-state index in [2.05, 4.69) is 12.2 Å². The van der Waals surface area contributed by atoms with Crippen molar-refractivity contribution in [2.24, 2.45) is 0 Å². The topological polar surface area (TPSA) is 12.0 Å². The first-order chi connectivity index (χ1) is 6.49. The standard InChI is InChI=1S/C7H2F5NS/c8-3-1-2(7(14)13-12)4(9)6(11)5(3)10/h1H,(H,13,14). The van der Waals surface area contributed by atoms with E-state index in [1.807, 2.05) is 0 Å². The van der Waals surface area contributed by atoms with Crippen LogP contribution in [0, 0.1) is 23.3 Å². The minimum absolute atomic E-state index is 0.267. The maximum absolute atomic E-state index is 12.8. The number of benzene rings is 1. The molecule has 0 aromatic heterocycles. The van der Waals surface area contributed by atoms with Crippen LogP contribution in [0.25, 0.3) is 0 Å². The lowest BCUT2D eigenvalue weighted by Gasteiger charge is -2.04. The number of nitrogens with one attached hydrogen (secondary N) is 1. The summed E-state index contributed by atoms with van der Waals surface area (Å²) >= 11 is 4.19. The Morgan fingerprint density at radius 3 is 2.14 bits per heavy atom. The minimum Gasteiger partial charge on any atom is -0.213 e. The fourth-order valence-corrected chi connectivity index (χ4v) is 0.938. The molecule has 0 spiro atoms. The van der Waals surface area contributed by atoms with Crippen LogP contribution in [0.1, 0.15) is 5.56 Å². The van der Waals surface area contributed by atoms with Crippen molar-refractivity contribution in [2.75, 3.05) is 0 Å². The van der Waals surface area contributed by atoms with Crippen molar-refractivity contribution in [2.45, 2.75) is 0 Å². The van der Waals surface area contributed by atoms with E-state index in [0.29, 0.717) is 0 Å². The molecule has 0 amide bonds. The van der Waals surface area contributed by atoms with Gasteiger partial charge in [-0.05, 0) is 6.07 Å². The highest BCUT2D eigenvalue weighted by atomic mass is 32.1. The number of hydrogen-bond acceptors (Lipinski definition) is 1. The monoisotopic (exact) mass is 227 g/mol. The molecule has 0 radical (unpaired) electrons. The molecular weight excluding hydrogens is 225 g/mol. The molecule has 0 bridgehead atoms. The summed E-state index contributed by atoms with van der Waals surface area (Å²) in [6.45, 7) is 0. The second-order valence-corrected chi connectivity index (χ2v) is 2.68. The lowest BCUT2D eigenvalue weighted by atomic mass is 10.2. The van der Waals surface area contributed by atoms with Gasteiger partial charge in [-0.2, -0.15) is 0 Å². The Labute approximate surface area is 80.5 Å². The summed E-state index contributed by atoms with van der Waals surface area (Å²) in [6, 6.07) is 0.267. The van der Waals surface area contributed by atoms with Crippen molar-refractivity contribution in [1.29, 1.82) is 0 Å². The van der Waals surface area contributed by atoms with Crippen LogP contribution in [0.15, 0.2) is 6.07 Å². The summed E-state index contributed by atoms with van der Waals surface area (Å²) in [5, 5.41) is 0. The van der Waals surface area contributed by atoms with Gasteiger partial charge in [-0.1, -0.05) is 12.2 Å². The highest BCUT2D eigenvalue weighted by Crippen LogP contribution is 2.18. The Morgan fingerprint density at radius 2 is 1.64 bits per heavy atom. The molecule has 0 aliphatic rings. The van der Waals surface area contributed by atoms with E-state index < -0.39 is 33.8 Å². The van der Waals surface area contributed by atoms with Crippen LogP contribution in [-0.2, 0) is 0 Å². The molecule has 0 aliphatic heterocycles. The zero-order chi connectivity index (χ0) is 10.9. The summed E-state index contributed by atoms with van der Waals surface area (Å²) in [5.41, 5.74) is -0.0444. The van der Waals surface area contributed by atoms with Crippen molar-refractivity contribution < 1.29 is 22.0 Å². The summed E-state index contributed by atoms with van der Waals surface area (Å²) in [6.07, 6.45) is 0. The van der Waals surface area contributed by atoms with Crippen molar-refractivity contribution in [3.8, 4) is 0 Å². The summed E-state index contributed by atoms with van der Waals surface area (Å²) in [4.78, 5) is -0.861. The Morgan fingerprint density at radius 1 is 1.07 bits per heavy atom. The Bertz CT molecular complexity index is 392. The van der Waals surface area contributed by atoms with Crippen LogP contribution < -0.4 is 5.54 Å². The van der Waals surface area contributed by atoms with Gasteiger partial charge in [0.1, 0.15) is 4.99 Å². The van der Waals surface area contributed by atoms with Crippen molar-refractivity contribution in [3.05, 3.63) is 34.9 Å². The minimum atomic E-state index is -2.03. The van der Waals surface area contributed by atoms with E-state index >= 15 is 0 Å². The molecule has 76 valence electrons. The Balaban J connectivity index is 3.40. The summed E-state index contributed by atoms with van der Waals surface area (Å²) in [7, 11) is 0. The lowest BCUT2D eigenvalue weighted by molar-refractivity contribution is 0.404. The van der Waals surface area contributed by atoms with Crippen LogP contribution in [0.4, 0.5) is 22.0 Å². The summed E-state index contributed by atoms with van der Waals surface area (Å²) < 4.78 is 62.0. The predicted octanol–water partition coefficient (Wildman–Crippen LogP) is 2.39. The number of hydrogen-bond donors (Lipinski definition) is 1. The van der Waals surface area contributed by atoms with Gasteiger partial charge in [0.2, 0.25) is 0 Å². The van der Waals surface area contributed by atoms with Crippen LogP contribution in [0.2, 0.25) is 0 Å². The first kappa shape index (κ1) is 10.8. The molecule has 1 aromatic rings. The molecule has 0 unspecified atom stereocenters.